The monoisotopic (exact) mass is 214 g/mol. The van der Waals surface area contributed by atoms with Crippen LogP contribution in [0.1, 0.15) is 18.1 Å². The van der Waals surface area contributed by atoms with Gasteiger partial charge in [-0.05, 0) is 11.6 Å². The van der Waals surface area contributed by atoms with Gasteiger partial charge in [0.05, 0.1) is 6.61 Å². The minimum Gasteiger partial charge on any atom is -0.495 e. The van der Waals surface area contributed by atoms with E-state index in [9.17, 15) is 0 Å². The van der Waals surface area contributed by atoms with E-state index in [2.05, 4.69) is 12.0 Å². The Hall–Kier alpha value is -1.72. The molecule has 0 aliphatic carbocycles. The zero-order valence-electron chi connectivity index (χ0n) is 9.06. The van der Waals surface area contributed by atoms with Crippen molar-refractivity contribution in [3.8, 4) is 12.3 Å². The second-order valence-electron chi connectivity index (χ2n) is 3.55. The summed E-state index contributed by atoms with van der Waals surface area (Å²) < 4.78 is 11.2. The van der Waals surface area contributed by atoms with E-state index in [1.807, 2.05) is 30.3 Å². The minimum atomic E-state index is -0.167. The molecule has 2 rings (SSSR count). The molecule has 1 aliphatic rings. The molecule has 0 saturated carbocycles. The molecule has 0 spiro atoms. The molecule has 0 bridgehead atoms. The van der Waals surface area contributed by atoms with Gasteiger partial charge < -0.3 is 9.47 Å². The molecule has 1 aromatic rings. The highest BCUT2D eigenvalue weighted by Gasteiger charge is 2.20. The summed E-state index contributed by atoms with van der Waals surface area (Å²) in [5.74, 6) is 3.36. The molecule has 1 heterocycles. The molecule has 1 atom stereocenters. The van der Waals surface area contributed by atoms with Crippen molar-refractivity contribution in [1.82, 2.24) is 0 Å². The molecular formula is C14H14O2. The van der Waals surface area contributed by atoms with Crippen LogP contribution in [0.2, 0.25) is 0 Å². The van der Waals surface area contributed by atoms with Crippen LogP contribution in [0.15, 0.2) is 42.2 Å². The molecule has 0 aromatic heterocycles. The molecule has 1 aliphatic heterocycles. The Balaban J connectivity index is 2.18. The van der Waals surface area contributed by atoms with Gasteiger partial charge >= 0.3 is 0 Å². The average molecular weight is 214 g/mol. The maximum atomic E-state index is 5.63. The molecule has 2 nitrogen and oxygen atoms in total. The van der Waals surface area contributed by atoms with E-state index in [1.54, 1.807) is 0 Å². The smallest absolute Gasteiger partial charge is 0.140 e. The Kier molecular flexibility index (Phi) is 3.63. The summed E-state index contributed by atoms with van der Waals surface area (Å²) in [6.45, 7) is 1.03. The van der Waals surface area contributed by atoms with Crippen LogP contribution in [0, 0.1) is 12.3 Å². The fraction of sp³-hybridized carbons (Fsp3) is 0.286. The second kappa shape index (κ2) is 5.39. The van der Waals surface area contributed by atoms with Crippen LogP contribution in [0.4, 0.5) is 0 Å². The van der Waals surface area contributed by atoms with Crippen molar-refractivity contribution in [2.24, 2.45) is 0 Å². The van der Waals surface area contributed by atoms with E-state index in [-0.39, 0.29) is 6.10 Å². The van der Waals surface area contributed by atoms with Gasteiger partial charge in [-0.15, -0.1) is 6.42 Å². The lowest BCUT2D eigenvalue weighted by Gasteiger charge is -2.18. The standard InChI is InChI=1S/C14H14O2/c1-2-10-16-14(13-9-6-11-15-13)12-7-4-3-5-8-12/h1,3-5,7-9,14H,6,10-11H2. The predicted molar refractivity (Wildman–Crippen MR) is 62.6 cm³/mol. The quantitative estimate of drug-likeness (QED) is 0.717. The van der Waals surface area contributed by atoms with E-state index in [4.69, 9.17) is 15.9 Å². The van der Waals surface area contributed by atoms with Crippen molar-refractivity contribution < 1.29 is 9.47 Å². The van der Waals surface area contributed by atoms with Crippen molar-refractivity contribution in [3.63, 3.8) is 0 Å². The summed E-state index contributed by atoms with van der Waals surface area (Å²) in [7, 11) is 0. The first-order chi connectivity index (χ1) is 7.92. The predicted octanol–water partition coefficient (Wildman–Crippen LogP) is 2.68. The second-order valence-corrected chi connectivity index (χ2v) is 3.55. The summed E-state index contributed by atoms with van der Waals surface area (Å²) in [4.78, 5) is 0. The lowest BCUT2D eigenvalue weighted by atomic mass is 10.1. The largest absolute Gasteiger partial charge is 0.495 e. The van der Waals surface area contributed by atoms with Crippen molar-refractivity contribution in [2.45, 2.75) is 12.5 Å². The highest BCUT2D eigenvalue weighted by atomic mass is 16.5. The van der Waals surface area contributed by atoms with Crippen LogP contribution in [-0.4, -0.2) is 13.2 Å². The highest BCUT2D eigenvalue weighted by Crippen LogP contribution is 2.29. The zero-order chi connectivity index (χ0) is 11.2. The van der Waals surface area contributed by atoms with Crippen LogP contribution < -0.4 is 0 Å². The van der Waals surface area contributed by atoms with E-state index in [0.29, 0.717) is 6.61 Å². The number of benzene rings is 1. The summed E-state index contributed by atoms with van der Waals surface area (Å²) >= 11 is 0. The summed E-state index contributed by atoms with van der Waals surface area (Å²) in [5, 5.41) is 0. The van der Waals surface area contributed by atoms with Gasteiger partial charge in [-0.25, -0.2) is 0 Å². The molecule has 0 amide bonds. The van der Waals surface area contributed by atoms with Crippen LogP contribution in [-0.2, 0) is 9.47 Å². The topological polar surface area (TPSA) is 18.5 Å². The van der Waals surface area contributed by atoms with Gasteiger partial charge in [-0.1, -0.05) is 36.3 Å². The number of hydrogen-bond acceptors (Lipinski definition) is 2. The lowest BCUT2D eigenvalue weighted by Crippen LogP contribution is -2.08. The van der Waals surface area contributed by atoms with Crippen LogP contribution >= 0.6 is 0 Å². The molecule has 1 aromatic carbocycles. The Morgan fingerprint density at radius 3 is 2.81 bits per heavy atom. The summed E-state index contributed by atoms with van der Waals surface area (Å²) in [6.07, 6.45) is 8.06. The van der Waals surface area contributed by atoms with Crippen LogP contribution in [0.3, 0.4) is 0 Å². The van der Waals surface area contributed by atoms with Gasteiger partial charge in [0.25, 0.3) is 0 Å². The maximum Gasteiger partial charge on any atom is 0.140 e. The van der Waals surface area contributed by atoms with Gasteiger partial charge in [0.2, 0.25) is 0 Å². The molecule has 1 unspecified atom stereocenters. The highest BCUT2D eigenvalue weighted by molar-refractivity contribution is 5.25. The van der Waals surface area contributed by atoms with Gasteiger partial charge in [-0.2, -0.15) is 0 Å². The number of ether oxygens (including phenoxy) is 2. The van der Waals surface area contributed by atoms with Crippen molar-refractivity contribution >= 4 is 0 Å². The van der Waals surface area contributed by atoms with Crippen LogP contribution in [0.5, 0.6) is 0 Å². The maximum absolute atomic E-state index is 5.63. The summed E-state index contributed by atoms with van der Waals surface area (Å²) in [5.41, 5.74) is 1.07. The molecule has 2 heteroatoms. The van der Waals surface area contributed by atoms with Gasteiger partial charge in [0.1, 0.15) is 18.5 Å². The molecule has 0 saturated heterocycles. The molecule has 82 valence electrons. The van der Waals surface area contributed by atoms with Crippen molar-refractivity contribution in [2.75, 3.05) is 13.2 Å². The van der Waals surface area contributed by atoms with E-state index in [0.717, 1.165) is 24.4 Å². The molecule has 0 fully saturated rings. The Labute approximate surface area is 95.9 Å². The van der Waals surface area contributed by atoms with Gasteiger partial charge in [0, 0.05) is 6.42 Å². The fourth-order valence-electron chi connectivity index (χ4n) is 1.72. The van der Waals surface area contributed by atoms with Gasteiger partial charge in [0.15, 0.2) is 0 Å². The third-order valence-electron chi connectivity index (χ3n) is 2.43. The Morgan fingerprint density at radius 1 is 1.38 bits per heavy atom. The van der Waals surface area contributed by atoms with E-state index in [1.165, 1.54) is 0 Å². The first-order valence-electron chi connectivity index (χ1n) is 5.34. The number of terminal acetylenes is 1. The van der Waals surface area contributed by atoms with Gasteiger partial charge in [-0.3, -0.25) is 0 Å². The summed E-state index contributed by atoms with van der Waals surface area (Å²) in [6, 6.07) is 9.98. The van der Waals surface area contributed by atoms with Crippen LogP contribution in [0.25, 0.3) is 0 Å². The van der Waals surface area contributed by atoms with Crippen molar-refractivity contribution in [3.05, 3.63) is 47.7 Å². The first-order valence-corrected chi connectivity index (χ1v) is 5.34. The number of rotatable bonds is 4. The SMILES string of the molecule is C#CCOC(C1=CCCO1)c1ccccc1. The van der Waals surface area contributed by atoms with Crippen molar-refractivity contribution in [1.29, 1.82) is 0 Å². The Morgan fingerprint density at radius 2 is 2.19 bits per heavy atom. The lowest BCUT2D eigenvalue weighted by molar-refractivity contribution is 0.0551. The number of hydrogen-bond donors (Lipinski definition) is 0. The third kappa shape index (κ3) is 2.44. The minimum absolute atomic E-state index is 0.167. The normalized spacial score (nSPS) is 16.1. The zero-order valence-corrected chi connectivity index (χ0v) is 9.06. The average Bonchev–Trinajstić information content (AvgIpc) is 2.85. The fourth-order valence-corrected chi connectivity index (χ4v) is 1.72. The van der Waals surface area contributed by atoms with E-state index < -0.39 is 0 Å². The first kappa shape index (κ1) is 10.8. The Bertz CT molecular complexity index is 400. The molecular weight excluding hydrogens is 200 g/mol. The molecule has 0 radical (unpaired) electrons. The molecule has 0 N–H and O–H groups in total. The van der Waals surface area contributed by atoms with E-state index >= 15 is 0 Å². The molecule has 16 heavy (non-hydrogen) atoms. The third-order valence-corrected chi connectivity index (χ3v) is 2.43.